The Bertz CT molecular complexity index is 449. The maximum absolute atomic E-state index is 12.6. The van der Waals surface area contributed by atoms with Crippen molar-refractivity contribution in [2.24, 2.45) is 5.92 Å². The fourth-order valence-corrected chi connectivity index (χ4v) is 1.58. The minimum atomic E-state index is -4.56. The first-order valence-corrected chi connectivity index (χ1v) is 6.44. The van der Waals surface area contributed by atoms with Crippen LogP contribution in [0.15, 0.2) is 6.07 Å². The topological polar surface area (TPSA) is 59.1 Å². The van der Waals surface area contributed by atoms with Crippen LogP contribution in [0.3, 0.4) is 0 Å². The summed E-state index contributed by atoms with van der Waals surface area (Å²) in [6.07, 6.45) is -2.15. The Morgan fingerprint density at radius 3 is 2.60 bits per heavy atom. The molecular formula is C12H17F3N4O. The van der Waals surface area contributed by atoms with E-state index in [2.05, 4.69) is 20.6 Å². The Hall–Kier alpha value is -1.57. The van der Waals surface area contributed by atoms with Gasteiger partial charge in [-0.05, 0) is 18.8 Å². The largest absolute Gasteiger partial charge is 0.451 e. The third-order valence-electron chi connectivity index (χ3n) is 2.84. The van der Waals surface area contributed by atoms with Crippen molar-refractivity contribution in [1.82, 2.24) is 9.97 Å². The molecule has 8 heteroatoms. The summed E-state index contributed by atoms with van der Waals surface area (Å²) in [5.74, 6) is -0.243. The van der Waals surface area contributed by atoms with E-state index in [1.807, 2.05) is 0 Å². The molecule has 5 nitrogen and oxygen atoms in total. The maximum Gasteiger partial charge on any atom is 0.451 e. The van der Waals surface area contributed by atoms with Gasteiger partial charge in [-0.1, -0.05) is 0 Å². The van der Waals surface area contributed by atoms with Gasteiger partial charge in [-0.15, -0.1) is 0 Å². The molecule has 0 aromatic carbocycles. The Labute approximate surface area is 114 Å². The molecule has 1 aliphatic carbocycles. The average Bonchev–Trinajstić information content (AvgIpc) is 3.21. The first-order chi connectivity index (χ1) is 9.49. The molecule has 0 saturated heterocycles. The molecule has 0 aliphatic heterocycles. The third-order valence-corrected chi connectivity index (χ3v) is 2.84. The van der Waals surface area contributed by atoms with Gasteiger partial charge in [0, 0.05) is 26.3 Å². The molecule has 20 heavy (non-hydrogen) atoms. The lowest BCUT2D eigenvalue weighted by atomic mass is 10.4. The van der Waals surface area contributed by atoms with Crippen molar-refractivity contribution in [3.05, 3.63) is 11.9 Å². The van der Waals surface area contributed by atoms with Gasteiger partial charge in [-0.2, -0.15) is 13.2 Å². The molecular weight excluding hydrogens is 273 g/mol. The van der Waals surface area contributed by atoms with E-state index in [0.717, 1.165) is 6.61 Å². The fraction of sp³-hybridized carbons (Fsp3) is 0.667. The van der Waals surface area contributed by atoms with Crippen molar-refractivity contribution >= 4 is 11.6 Å². The van der Waals surface area contributed by atoms with E-state index in [0.29, 0.717) is 19.1 Å². The molecule has 0 unspecified atom stereocenters. The summed E-state index contributed by atoms with van der Waals surface area (Å²) in [4.78, 5) is 6.84. The van der Waals surface area contributed by atoms with Crippen molar-refractivity contribution in [2.45, 2.75) is 19.0 Å². The molecule has 1 fully saturated rings. The molecule has 1 aromatic rings. The molecule has 0 atom stereocenters. The number of aromatic nitrogens is 2. The highest BCUT2D eigenvalue weighted by Gasteiger charge is 2.35. The quantitative estimate of drug-likeness (QED) is 0.755. The first kappa shape index (κ1) is 14.8. The van der Waals surface area contributed by atoms with E-state index in [4.69, 9.17) is 4.74 Å². The number of ether oxygens (including phenoxy) is 1. The lowest BCUT2D eigenvalue weighted by Crippen LogP contribution is -2.16. The van der Waals surface area contributed by atoms with Gasteiger partial charge in [-0.25, -0.2) is 9.97 Å². The monoisotopic (exact) mass is 290 g/mol. The van der Waals surface area contributed by atoms with Gasteiger partial charge in [0.05, 0.1) is 6.61 Å². The van der Waals surface area contributed by atoms with Gasteiger partial charge < -0.3 is 15.4 Å². The lowest BCUT2D eigenvalue weighted by molar-refractivity contribution is -0.144. The summed E-state index contributed by atoms with van der Waals surface area (Å²) < 4.78 is 43.2. The van der Waals surface area contributed by atoms with Gasteiger partial charge in [0.25, 0.3) is 0 Å². The number of rotatable bonds is 7. The molecule has 2 N–H and O–H groups in total. The SMILES string of the molecule is CNc1cc(NCCOCC2CC2)nc(C(F)(F)F)n1. The van der Waals surface area contributed by atoms with Crippen LogP contribution in [0.25, 0.3) is 0 Å². The highest BCUT2D eigenvalue weighted by atomic mass is 19.4. The molecule has 2 rings (SSSR count). The predicted octanol–water partition coefficient (Wildman–Crippen LogP) is 2.38. The molecule has 0 amide bonds. The summed E-state index contributed by atoms with van der Waals surface area (Å²) in [6.45, 7) is 1.57. The Morgan fingerprint density at radius 2 is 2.00 bits per heavy atom. The zero-order valence-electron chi connectivity index (χ0n) is 11.1. The molecule has 1 aromatic heterocycles. The number of nitrogens with one attached hydrogen (secondary N) is 2. The van der Waals surface area contributed by atoms with Gasteiger partial charge >= 0.3 is 6.18 Å². The van der Waals surface area contributed by atoms with Crippen molar-refractivity contribution in [3.8, 4) is 0 Å². The van der Waals surface area contributed by atoms with Crippen molar-refractivity contribution < 1.29 is 17.9 Å². The van der Waals surface area contributed by atoms with Crippen LogP contribution in [-0.2, 0) is 10.9 Å². The van der Waals surface area contributed by atoms with Crippen LogP contribution in [0.4, 0.5) is 24.8 Å². The van der Waals surface area contributed by atoms with E-state index in [9.17, 15) is 13.2 Å². The van der Waals surface area contributed by atoms with E-state index in [1.165, 1.54) is 26.0 Å². The predicted molar refractivity (Wildman–Crippen MR) is 68.6 cm³/mol. The first-order valence-electron chi connectivity index (χ1n) is 6.44. The molecule has 1 aliphatic rings. The minimum absolute atomic E-state index is 0.119. The summed E-state index contributed by atoms with van der Waals surface area (Å²) in [7, 11) is 1.50. The number of anilines is 2. The van der Waals surface area contributed by atoms with Gasteiger partial charge in [0.2, 0.25) is 5.82 Å². The van der Waals surface area contributed by atoms with Gasteiger partial charge in [-0.3, -0.25) is 0 Å². The highest BCUT2D eigenvalue weighted by Crippen LogP contribution is 2.29. The normalized spacial score (nSPS) is 15.2. The Balaban J connectivity index is 1.88. The van der Waals surface area contributed by atoms with E-state index in [1.54, 1.807) is 0 Å². The van der Waals surface area contributed by atoms with Crippen LogP contribution in [0.2, 0.25) is 0 Å². The van der Waals surface area contributed by atoms with E-state index >= 15 is 0 Å². The number of hydrogen-bond acceptors (Lipinski definition) is 5. The zero-order chi connectivity index (χ0) is 14.6. The zero-order valence-corrected chi connectivity index (χ0v) is 11.1. The highest BCUT2D eigenvalue weighted by molar-refractivity contribution is 5.47. The number of alkyl halides is 3. The Morgan fingerprint density at radius 1 is 1.30 bits per heavy atom. The molecule has 1 heterocycles. The second-order valence-corrected chi connectivity index (χ2v) is 4.65. The van der Waals surface area contributed by atoms with E-state index in [-0.39, 0.29) is 11.6 Å². The number of halogens is 3. The summed E-state index contributed by atoms with van der Waals surface area (Å²) in [6, 6.07) is 1.43. The number of nitrogens with zero attached hydrogens (tertiary/aromatic N) is 2. The minimum Gasteiger partial charge on any atom is -0.379 e. The molecule has 0 bridgehead atoms. The molecule has 112 valence electrons. The molecule has 0 spiro atoms. The maximum atomic E-state index is 12.6. The second-order valence-electron chi connectivity index (χ2n) is 4.65. The van der Waals surface area contributed by atoms with Gasteiger partial charge in [0.1, 0.15) is 11.6 Å². The van der Waals surface area contributed by atoms with Gasteiger partial charge in [0.15, 0.2) is 0 Å². The van der Waals surface area contributed by atoms with Crippen molar-refractivity contribution in [3.63, 3.8) is 0 Å². The summed E-state index contributed by atoms with van der Waals surface area (Å²) >= 11 is 0. The molecule has 0 radical (unpaired) electrons. The van der Waals surface area contributed by atoms with Crippen LogP contribution >= 0.6 is 0 Å². The average molecular weight is 290 g/mol. The van der Waals surface area contributed by atoms with Crippen LogP contribution < -0.4 is 10.6 Å². The summed E-state index contributed by atoms with van der Waals surface area (Å²) in [5, 5.41) is 5.39. The van der Waals surface area contributed by atoms with Crippen molar-refractivity contribution in [1.29, 1.82) is 0 Å². The molecule has 1 saturated carbocycles. The van der Waals surface area contributed by atoms with Crippen LogP contribution in [0.5, 0.6) is 0 Å². The second kappa shape index (κ2) is 6.25. The Kier molecular flexibility index (Phi) is 4.64. The standard InChI is InChI=1S/C12H17F3N4O/c1-16-9-6-10(19-11(18-9)12(13,14)15)17-4-5-20-7-8-2-3-8/h6,8H,2-5,7H2,1H3,(H2,16,17,18,19). The van der Waals surface area contributed by atoms with Crippen LogP contribution in [-0.4, -0.2) is 36.8 Å². The van der Waals surface area contributed by atoms with Crippen LogP contribution in [0, 0.1) is 5.92 Å². The van der Waals surface area contributed by atoms with E-state index < -0.39 is 12.0 Å². The lowest BCUT2D eigenvalue weighted by Gasteiger charge is -2.11. The fourth-order valence-electron chi connectivity index (χ4n) is 1.58. The third kappa shape index (κ3) is 4.52. The summed E-state index contributed by atoms with van der Waals surface area (Å²) in [5.41, 5.74) is 0. The smallest absolute Gasteiger partial charge is 0.379 e. The number of hydrogen-bond donors (Lipinski definition) is 2. The van der Waals surface area contributed by atoms with Crippen molar-refractivity contribution in [2.75, 3.05) is 37.4 Å². The van der Waals surface area contributed by atoms with Crippen LogP contribution in [0.1, 0.15) is 18.7 Å².